The minimum Gasteiger partial charge on any atom is -0.289 e. The Morgan fingerprint density at radius 1 is 1.00 bits per heavy atom. The summed E-state index contributed by atoms with van der Waals surface area (Å²) in [5, 5.41) is 13.8. The fourth-order valence-corrected chi connectivity index (χ4v) is 3.03. The molecule has 0 radical (unpaired) electrons. The number of nitrogens with zero attached hydrogens (tertiary/aromatic N) is 3. The molecule has 0 saturated heterocycles. The van der Waals surface area contributed by atoms with Crippen LogP contribution in [0.15, 0.2) is 65.5 Å². The van der Waals surface area contributed by atoms with Gasteiger partial charge in [0.25, 0.3) is 11.2 Å². The number of rotatable bonds is 3. The number of aromatic nitrogens is 3. The third kappa shape index (κ3) is 2.99. The number of nitrogens with one attached hydrogen (secondary N) is 1. The highest BCUT2D eigenvalue weighted by molar-refractivity contribution is 14.1. The van der Waals surface area contributed by atoms with E-state index in [-0.39, 0.29) is 11.2 Å². The molecule has 0 saturated carbocycles. The van der Waals surface area contributed by atoms with Crippen LogP contribution in [0.4, 0.5) is 5.69 Å². The van der Waals surface area contributed by atoms with Crippen LogP contribution in [0.2, 0.25) is 0 Å². The number of aromatic amines is 1. The number of nitro benzene ring substituents is 1. The Labute approximate surface area is 160 Å². The first-order valence-electron chi connectivity index (χ1n) is 7.65. The van der Waals surface area contributed by atoms with Crippen molar-refractivity contribution in [1.82, 2.24) is 14.6 Å². The van der Waals surface area contributed by atoms with Crippen molar-refractivity contribution in [2.75, 3.05) is 0 Å². The predicted molar refractivity (Wildman–Crippen MR) is 106 cm³/mol. The summed E-state index contributed by atoms with van der Waals surface area (Å²) in [7, 11) is 0. The van der Waals surface area contributed by atoms with Gasteiger partial charge >= 0.3 is 0 Å². The Hall–Kier alpha value is -3.01. The molecule has 2 aromatic heterocycles. The number of benzene rings is 2. The first-order valence-corrected chi connectivity index (χ1v) is 8.73. The van der Waals surface area contributed by atoms with Crippen molar-refractivity contribution in [2.24, 2.45) is 0 Å². The van der Waals surface area contributed by atoms with Gasteiger partial charge in [0.2, 0.25) is 0 Å². The quantitative estimate of drug-likeness (QED) is 0.287. The van der Waals surface area contributed by atoms with E-state index in [4.69, 9.17) is 0 Å². The molecule has 0 bridgehead atoms. The van der Waals surface area contributed by atoms with Crippen LogP contribution in [0.1, 0.15) is 0 Å². The van der Waals surface area contributed by atoms with Crippen molar-refractivity contribution in [2.45, 2.75) is 0 Å². The molecule has 0 atom stereocenters. The fourth-order valence-electron chi connectivity index (χ4n) is 2.67. The first kappa shape index (κ1) is 16.5. The maximum atomic E-state index is 12.4. The Morgan fingerprint density at radius 2 is 1.65 bits per heavy atom. The lowest BCUT2D eigenvalue weighted by Crippen LogP contribution is -2.14. The lowest BCUT2D eigenvalue weighted by atomic mass is 10.1. The smallest absolute Gasteiger partial charge is 0.273 e. The molecule has 0 unspecified atom stereocenters. The van der Waals surface area contributed by atoms with Crippen molar-refractivity contribution < 1.29 is 4.92 Å². The number of nitro groups is 1. The third-order valence-corrected chi connectivity index (χ3v) is 4.70. The minimum atomic E-state index is -0.464. The van der Waals surface area contributed by atoms with E-state index in [1.165, 1.54) is 22.7 Å². The van der Waals surface area contributed by atoms with Crippen LogP contribution in [-0.4, -0.2) is 19.5 Å². The van der Waals surface area contributed by atoms with E-state index in [1.807, 2.05) is 24.3 Å². The maximum absolute atomic E-state index is 12.4. The van der Waals surface area contributed by atoms with Crippen molar-refractivity contribution in [3.63, 3.8) is 0 Å². The number of fused-ring (bicyclic) bond motifs is 1. The van der Waals surface area contributed by atoms with Gasteiger partial charge in [0, 0.05) is 33.4 Å². The van der Waals surface area contributed by atoms with Gasteiger partial charge in [-0.1, -0.05) is 12.1 Å². The summed E-state index contributed by atoms with van der Waals surface area (Å²) in [5.41, 5.74) is 3.08. The lowest BCUT2D eigenvalue weighted by Gasteiger charge is -2.01. The summed E-state index contributed by atoms with van der Waals surface area (Å²) >= 11 is 2.23. The standard InChI is InChI=1S/C18H11IN4O3/c19-13-5-1-12(2-6-13)16-9-17-20-15(10-18(24)22(17)21-16)11-3-7-14(8-4-11)23(25)26/h1-10,21H. The van der Waals surface area contributed by atoms with Crippen LogP contribution in [0.5, 0.6) is 0 Å². The molecule has 0 fully saturated rings. The molecule has 4 rings (SSSR count). The van der Waals surface area contributed by atoms with Gasteiger partial charge in [-0.2, -0.15) is 0 Å². The van der Waals surface area contributed by atoms with Crippen LogP contribution in [-0.2, 0) is 0 Å². The van der Waals surface area contributed by atoms with E-state index < -0.39 is 4.92 Å². The molecule has 1 N–H and O–H groups in total. The molecule has 7 nitrogen and oxygen atoms in total. The molecular formula is C18H11IN4O3. The molecule has 0 aliphatic rings. The Morgan fingerprint density at radius 3 is 2.31 bits per heavy atom. The van der Waals surface area contributed by atoms with Gasteiger partial charge in [-0.3, -0.25) is 20.0 Å². The second-order valence-electron chi connectivity index (χ2n) is 5.65. The van der Waals surface area contributed by atoms with Gasteiger partial charge < -0.3 is 0 Å². The van der Waals surface area contributed by atoms with Gasteiger partial charge in [-0.15, -0.1) is 0 Å². The van der Waals surface area contributed by atoms with Crippen LogP contribution in [0.3, 0.4) is 0 Å². The van der Waals surface area contributed by atoms with Gasteiger partial charge in [0.05, 0.1) is 16.3 Å². The molecule has 0 spiro atoms. The Bertz CT molecular complexity index is 1180. The van der Waals surface area contributed by atoms with E-state index in [0.717, 1.165) is 14.8 Å². The monoisotopic (exact) mass is 458 g/mol. The summed E-state index contributed by atoms with van der Waals surface area (Å²) in [6.45, 7) is 0. The predicted octanol–water partition coefficient (Wildman–Crippen LogP) is 3.87. The average molecular weight is 458 g/mol. The molecule has 26 heavy (non-hydrogen) atoms. The topological polar surface area (TPSA) is 93.3 Å². The van der Waals surface area contributed by atoms with Crippen LogP contribution in [0, 0.1) is 13.7 Å². The maximum Gasteiger partial charge on any atom is 0.273 e. The molecule has 128 valence electrons. The molecule has 2 heterocycles. The highest BCUT2D eigenvalue weighted by Gasteiger charge is 2.11. The van der Waals surface area contributed by atoms with E-state index in [9.17, 15) is 14.9 Å². The first-order chi connectivity index (χ1) is 12.5. The SMILES string of the molecule is O=c1cc(-c2ccc([N+](=O)[O-])cc2)nc2cc(-c3ccc(I)cc3)[nH]n12. The molecule has 0 aliphatic heterocycles. The zero-order valence-electron chi connectivity index (χ0n) is 13.2. The second kappa shape index (κ2) is 6.37. The Balaban J connectivity index is 1.80. The third-order valence-electron chi connectivity index (χ3n) is 3.98. The summed E-state index contributed by atoms with van der Waals surface area (Å²) in [4.78, 5) is 27.2. The Kier molecular flexibility index (Phi) is 4.03. The summed E-state index contributed by atoms with van der Waals surface area (Å²) in [6.07, 6.45) is 0. The van der Waals surface area contributed by atoms with E-state index >= 15 is 0 Å². The van der Waals surface area contributed by atoms with Gasteiger partial charge in [-0.25, -0.2) is 9.50 Å². The van der Waals surface area contributed by atoms with Crippen molar-refractivity contribution in [1.29, 1.82) is 0 Å². The highest BCUT2D eigenvalue weighted by atomic mass is 127. The summed E-state index contributed by atoms with van der Waals surface area (Å²) in [5.74, 6) is 0. The normalized spacial score (nSPS) is 11.0. The molecular weight excluding hydrogens is 447 g/mol. The number of H-pyrrole nitrogens is 1. The zero-order valence-corrected chi connectivity index (χ0v) is 15.4. The largest absolute Gasteiger partial charge is 0.289 e. The second-order valence-corrected chi connectivity index (χ2v) is 6.90. The molecule has 0 amide bonds. The highest BCUT2D eigenvalue weighted by Crippen LogP contribution is 2.23. The number of hydrogen-bond acceptors (Lipinski definition) is 4. The fraction of sp³-hybridized carbons (Fsp3) is 0. The van der Waals surface area contributed by atoms with Crippen LogP contribution < -0.4 is 5.56 Å². The minimum absolute atomic E-state index is 0.00538. The average Bonchev–Trinajstić information content (AvgIpc) is 3.07. The van der Waals surface area contributed by atoms with E-state index in [1.54, 1.807) is 18.2 Å². The van der Waals surface area contributed by atoms with E-state index in [2.05, 4.69) is 32.7 Å². The van der Waals surface area contributed by atoms with Crippen LogP contribution >= 0.6 is 22.6 Å². The zero-order chi connectivity index (χ0) is 18.3. The van der Waals surface area contributed by atoms with Gasteiger partial charge in [-0.05, 0) is 52.4 Å². The van der Waals surface area contributed by atoms with Crippen molar-refractivity contribution in [3.05, 3.63) is 84.7 Å². The van der Waals surface area contributed by atoms with Gasteiger partial charge in [0.15, 0.2) is 5.65 Å². The molecule has 0 aliphatic carbocycles. The molecule has 8 heteroatoms. The lowest BCUT2D eigenvalue weighted by molar-refractivity contribution is -0.384. The van der Waals surface area contributed by atoms with E-state index in [0.29, 0.717) is 16.9 Å². The number of halogens is 1. The molecule has 2 aromatic carbocycles. The summed E-state index contributed by atoms with van der Waals surface area (Å²) in [6, 6.07) is 17.1. The van der Waals surface area contributed by atoms with Crippen molar-refractivity contribution in [3.8, 4) is 22.5 Å². The molecule has 4 aromatic rings. The number of hydrogen-bond donors (Lipinski definition) is 1. The van der Waals surface area contributed by atoms with Gasteiger partial charge in [0.1, 0.15) is 0 Å². The summed E-state index contributed by atoms with van der Waals surface area (Å²) < 4.78 is 2.50. The number of non-ortho nitro benzene ring substituents is 1. The van der Waals surface area contributed by atoms with Crippen LogP contribution in [0.25, 0.3) is 28.2 Å². The van der Waals surface area contributed by atoms with Crippen molar-refractivity contribution >= 4 is 33.9 Å².